The maximum absolute atomic E-state index is 12.5. The summed E-state index contributed by atoms with van der Waals surface area (Å²) in [5.74, 6) is 1.46. The lowest BCUT2D eigenvalue weighted by Crippen LogP contribution is -2.33. The minimum absolute atomic E-state index is 0.0219. The van der Waals surface area contributed by atoms with E-state index in [-0.39, 0.29) is 11.8 Å². The summed E-state index contributed by atoms with van der Waals surface area (Å²) in [4.78, 5) is 12.5. The zero-order valence-corrected chi connectivity index (χ0v) is 12.5. The minimum atomic E-state index is 0.0219. The highest BCUT2D eigenvalue weighted by Crippen LogP contribution is 2.43. The Bertz CT molecular complexity index is 460. The lowest BCUT2D eigenvalue weighted by molar-refractivity contribution is -0.123. The summed E-state index contributed by atoms with van der Waals surface area (Å²) in [6.45, 7) is 0.857. The van der Waals surface area contributed by atoms with Crippen molar-refractivity contribution in [2.75, 3.05) is 6.54 Å². The maximum atomic E-state index is 12.5. The summed E-state index contributed by atoms with van der Waals surface area (Å²) in [7, 11) is 0. The molecule has 1 unspecified atom stereocenters. The van der Waals surface area contributed by atoms with E-state index in [1.165, 1.54) is 38.5 Å². The third kappa shape index (κ3) is 3.35. The van der Waals surface area contributed by atoms with Gasteiger partial charge in [-0.2, -0.15) is 0 Å². The van der Waals surface area contributed by atoms with Crippen LogP contribution in [0, 0.1) is 11.8 Å². The van der Waals surface area contributed by atoms with Gasteiger partial charge in [0.15, 0.2) is 0 Å². The van der Waals surface area contributed by atoms with Gasteiger partial charge in [0.25, 0.3) is 0 Å². The second kappa shape index (κ2) is 6.17. The molecule has 3 rings (SSSR count). The van der Waals surface area contributed by atoms with Gasteiger partial charge in [0.2, 0.25) is 5.91 Å². The van der Waals surface area contributed by atoms with Crippen LogP contribution >= 0.6 is 11.6 Å². The highest BCUT2D eigenvalue weighted by atomic mass is 35.5. The molecule has 0 radical (unpaired) electrons. The molecular formula is C17H22ClNO. The van der Waals surface area contributed by atoms with Gasteiger partial charge < -0.3 is 5.32 Å². The van der Waals surface area contributed by atoms with Gasteiger partial charge in [0.1, 0.15) is 0 Å². The summed E-state index contributed by atoms with van der Waals surface area (Å²) < 4.78 is 0. The number of nitrogens with one attached hydrogen (secondary N) is 1. The average molecular weight is 292 g/mol. The summed E-state index contributed by atoms with van der Waals surface area (Å²) in [5, 5.41) is 3.92. The highest BCUT2D eigenvalue weighted by molar-refractivity contribution is 6.30. The lowest BCUT2D eigenvalue weighted by Gasteiger charge is -2.18. The van der Waals surface area contributed by atoms with Crippen LogP contribution in [-0.4, -0.2) is 12.5 Å². The Hall–Kier alpha value is -1.02. The Labute approximate surface area is 125 Å². The SMILES string of the molecule is O=C(NCC1CCCC1)C(c1ccc(Cl)cc1)C1CC1. The molecule has 0 spiro atoms. The second-order valence-corrected chi connectivity index (χ2v) is 6.70. The highest BCUT2D eigenvalue weighted by Gasteiger charge is 2.37. The standard InChI is InChI=1S/C17H22ClNO/c18-15-9-7-14(8-10-15)16(13-5-6-13)17(20)19-11-12-3-1-2-4-12/h7-10,12-13,16H,1-6,11H2,(H,19,20). The predicted octanol–water partition coefficient (Wildman–Crippen LogP) is 4.14. The average Bonchev–Trinajstić information content (AvgIpc) is 3.14. The summed E-state index contributed by atoms with van der Waals surface area (Å²) in [6, 6.07) is 7.77. The second-order valence-electron chi connectivity index (χ2n) is 6.26. The van der Waals surface area contributed by atoms with Crippen molar-refractivity contribution in [3.63, 3.8) is 0 Å². The Balaban J connectivity index is 1.63. The first-order valence-electron chi connectivity index (χ1n) is 7.77. The van der Waals surface area contributed by atoms with Gasteiger partial charge in [-0.15, -0.1) is 0 Å². The molecule has 20 heavy (non-hydrogen) atoms. The molecule has 0 aromatic heterocycles. The third-order valence-corrected chi connectivity index (χ3v) is 4.90. The fourth-order valence-corrected chi connectivity index (χ4v) is 3.43. The van der Waals surface area contributed by atoms with Gasteiger partial charge in [-0.1, -0.05) is 36.6 Å². The van der Waals surface area contributed by atoms with E-state index in [4.69, 9.17) is 11.6 Å². The first-order valence-corrected chi connectivity index (χ1v) is 8.15. The van der Waals surface area contributed by atoms with Crippen LogP contribution in [0.25, 0.3) is 0 Å². The van der Waals surface area contributed by atoms with Gasteiger partial charge in [-0.05, 0) is 55.2 Å². The van der Waals surface area contributed by atoms with Gasteiger partial charge >= 0.3 is 0 Å². The molecule has 2 aliphatic carbocycles. The normalized spacial score (nSPS) is 20.9. The molecule has 1 aromatic rings. The topological polar surface area (TPSA) is 29.1 Å². The van der Waals surface area contributed by atoms with Crippen LogP contribution < -0.4 is 5.32 Å². The Morgan fingerprint density at radius 1 is 1.15 bits per heavy atom. The van der Waals surface area contributed by atoms with Crippen molar-refractivity contribution in [1.29, 1.82) is 0 Å². The maximum Gasteiger partial charge on any atom is 0.227 e. The first-order chi connectivity index (χ1) is 9.74. The molecule has 2 fully saturated rings. The zero-order chi connectivity index (χ0) is 13.9. The molecule has 1 N–H and O–H groups in total. The van der Waals surface area contributed by atoms with E-state index in [9.17, 15) is 4.79 Å². The quantitative estimate of drug-likeness (QED) is 0.868. The summed E-state index contributed by atoms with van der Waals surface area (Å²) >= 11 is 5.94. The molecule has 1 amide bonds. The molecule has 108 valence electrons. The number of hydrogen-bond donors (Lipinski definition) is 1. The van der Waals surface area contributed by atoms with Crippen molar-refractivity contribution in [3.05, 3.63) is 34.9 Å². The van der Waals surface area contributed by atoms with Crippen LogP contribution in [0.3, 0.4) is 0 Å². The third-order valence-electron chi connectivity index (χ3n) is 4.64. The number of halogens is 1. The Morgan fingerprint density at radius 3 is 2.40 bits per heavy atom. The van der Waals surface area contributed by atoms with Gasteiger partial charge in [-0.25, -0.2) is 0 Å². The molecular weight excluding hydrogens is 270 g/mol. The first kappa shape index (κ1) is 13.9. The van der Waals surface area contributed by atoms with E-state index in [2.05, 4.69) is 5.32 Å². The van der Waals surface area contributed by atoms with Gasteiger partial charge in [0.05, 0.1) is 5.92 Å². The van der Waals surface area contributed by atoms with Crippen LogP contribution in [0.2, 0.25) is 5.02 Å². The molecule has 0 heterocycles. The van der Waals surface area contributed by atoms with Gasteiger partial charge in [-0.3, -0.25) is 4.79 Å². The van der Waals surface area contributed by atoms with Crippen molar-refractivity contribution in [2.45, 2.75) is 44.4 Å². The number of hydrogen-bond acceptors (Lipinski definition) is 1. The minimum Gasteiger partial charge on any atom is -0.355 e. The number of rotatable bonds is 5. The van der Waals surface area contributed by atoms with Gasteiger partial charge in [0, 0.05) is 11.6 Å². The van der Waals surface area contributed by atoms with Crippen LogP contribution in [0.15, 0.2) is 24.3 Å². The molecule has 0 aliphatic heterocycles. The Morgan fingerprint density at radius 2 is 1.80 bits per heavy atom. The van der Waals surface area contributed by atoms with Crippen LogP contribution in [0.5, 0.6) is 0 Å². The lowest BCUT2D eigenvalue weighted by atomic mass is 9.93. The fraction of sp³-hybridized carbons (Fsp3) is 0.588. The molecule has 1 atom stereocenters. The fourth-order valence-electron chi connectivity index (χ4n) is 3.31. The molecule has 0 bridgehead atoms. The largest absolute Gasteiger partial charge is 0.355 e. The molecule has 2 aliphatic rings. The number of amides is 1. The van der Waals surface area contributed by atoms with E-state index < -0.39 is 0 Å². The van der Waals surface area contributed by atoms with E-state index in [0.717, 1.165) is 17.1 Å². The van der Waals surface area contributed by atoms with Crippen LogP contribution in [0.1, 0.15) is 50.0 Å². The molecule has 3 heteroatoms. The van der Waals surface area contributed by atoms with Crippen molar-refractivity contribution < 1.29 is 4.79 Å². The molecule has 1 aromatic carbocycles. The van der Waals surface area contributed by atoms with E-state index in [0.29, 0.717) is 11.8 Å². The Kier molecular flexibility index (Phi) is 4.30. The zero-order valence-electron chi connectivity index (χ0n) is 11.8. The van der Waals surface area contributed by atoms with Crippen LogP contribution in [0.4, 0.5) is 0 Å². The summed E-state index contributed by atoms with van der Waals surface area (Å²) in [6.07, 6.45) is 7.53. The van der Waals surface area contributed by atoms with E-state index >= 15 is 0 Å². The smallest absolute Gasteiger partial charge is 0.227 e. The van der Waals surface area contributed by atoms with Crippen molar-refractivity contribution in [1.82, 2.24) is 5.32 Å². The predicted molar refractivity (Wildman–Crippen MR) is 81.9 cm³/mol. The molecule has 2 nitrogen and oxygen atoms in total. The van der Waals surface area contributed by atoms with E-state index in [1.54, 1.807) is 0 Å². The number of carbonyl (C=O) groups excluding carboxylic acids is 1. The van der Waals surface area contributed by atoms with Crippen LogP contribution in [-0.2, 0) is 4.79 Å². The van der Waals surface area contributed by atoms with Crippen molar-refractivity contribution in [2.24, 2.45) is 11.8 Å². The monoisotopic (exact) mass is 291 g/mol. The molecule has 2 saturated carbocycles. The summed E-state index contributed by atoms with van der Waals surface area (Å²) in [5.41, 5.74) is 1.11. The number of carbonyl (C=O) groups is 1. The molecule has 0 saturated heterocycles. The van der Waals surface area contributed by atoms with Crippen molar-refractivity contribution in [3.8, 4) is 0 Å². The van der Waals surface area contributed by atoms with Crippen molar-refractivity contribution >= 4 is 17.5 Å². The van der Waals surface area contributed by atoms with E-state index in [1.807, 2.05) is 24.3 Å². The number of benzene rings is 1.